The lowest BCUT2D eigenvalue weighted by Gasteiger charge is -2.26. The number of likely N-dealkylation sites (N-methyl/N-ethyl adjacent to an activating group) is 1. The Kier molecular flexibility index (Phi) is 6.08. The minimum atomic E-state index is -3.63. The highest BCUT2D eigenvalue weighted by atomic mass is 35.5. The van der Waals surface area contributed by atoms with E-state index in [-0.39, 0.29) is 12.5 Å². The molecule has 2 rings (SSSR count). The highest BCUT2D eigenvalue weighted by Crippen LogP contribution is 2.28. The van der Waals surface area contributed by atoms with Crippen LogP contribution in [0.1, 0.15) is 11.1 Å². The van der Waals surface area contributed by atoms with Crippen molar-refractivity contribution in [2.75, 3.05) is 24.2 Å². The first-order valence-corrected chi connectivity index (χ1v) is 9.93. The molecule has 0 aliphatic rings. The number of hydrogen-bond acceptors (Lipinski definition) is 3. The fraction of sp³-hybridized carbons (Fsp3) is 0.278. The van der Waals surface area contributed by atoms with Gasteiger partial charge in [0.05, 0.1) is 11.9 Å². The van der Waals surface area contributed by atoms with Gasteiger partial charge in [-0.3, -0.25) is 9.10 Å². The van der Waals surface area contributed by atoms with Gasteiger partial charge in [-0.2, -0.15) is 0 Å². The number of hydrogen-bond donors (Lipinski definition) is 0. The number of benzene rings is 2. The van der Waals surface area contributed by atoms with Crippen LogP contribution >= 0.6 is 11.6 Å². The van der Waals surface area contributed by atoms with E-state index in [1.165, 1.54) is 4.90 Å². The van der Waals surface area contributed by atoms with E-state index in [4.69, 9.17) is 11.6 Å². The molecule has 0 saturated carbocycles. The van der Waals surface area contributed by atoms with E-state index in [1.54, 1.807) is 32.2 Å². The van der Waals surface area contributed by atoms with Gasteiger partial charge in [0.25, 0.3) is 0 Å². The molecular weight excluding hydrogens is 360 g/mol. The zero-order chi connectivity index (χ0) is 18.6. The maximum absolute atomic E-state index is 12.6. The van der Waals surface area contributed by atoms with E-state index in [2.05, 4.69) is 0 Å². The van der Waals surface area contributed by atoms with E-state index >= 15 is 0 Å². The minimum Gasteiger partial charge on any atom is -0.340 e. The fourth-order valence-electron chi connectivity index (χ4n) is 2.44. The van der Waals surface area contributed by atoms with Gasteiger partial charge in [0.15, 0.2) is 0 Å². The van der Waals surface area contributed by atoms with Gasteiger partial charge in [0, 0.05) is 18.6 Å². The molecule has 7 heteroatoms. The number of halogens is 1. The molecule has 25 heavy (non-hydrogen) atoms. The zero-order valence-electron chi connectivity index (χ0n) is 14.4. The second-order valence-corrected chi connectivity index (χ2v) is 8.20. The first kappa shape index (κ1) is 19.3. The largest absolute Gasteiger partial charge is 0.340 e. The number of amides is 1. The van der Waals surface area contributed by atoms with Crippen LogP contribution in [0.3, 0.4) is 0 Å². The molecule has 0 atom stereocenters. The first-order chi connectivity index (χ1) is 11.7. The Morgan fingerprint density at radius 2 is 1.72 bits per heavy atom. The quantitative estimate of drug-likeness (QED) is 0.773. The van der Waals surface area contributed by atoms with Gasteiger partial charge in [0.1, 0.15) is 6.54 Å². The molecule has 0 bridgehead atoms. The fourth-order valence-corrected chi connectivity index (χ4v) is 3.51. The van der Waals surface area contributed by atoms with E-state index in [0.717, 1.165) is 16.1 Å². The summed E-state index contributed by atoms with van der Waals surface area (Å²) in [7, 11) is -1.98. The van der Waals surface area contributed by atoms with E-state index in [1.807, 2.05) is 30.3 Å². The lowest BCUT2D eigenvalue weighted by molar-refractivity contribution is -0.128. The number of anilines is 1. The molecule has 2 aromatic carbocycles. The molecule has 0 fully saturated rings. The third kappa shape index (κ3) is 4.96. The van der Waals surface area contributed by atoms with Crippen molar-refractivity contribution in [1.29, 1.82) is 0 Å². The Bertz CT molecular complexity index is 854. The highest BCUT2D eigenvalue weighted by molar-refractivity contribution is 7.92. The predicted octanol–water partition coefficient (Wildman–Crippen LogP) is 3.07. The molecule has 2 aromatic rings. The van der Waals surface area contributed by atoms with Crippen LogP contribution in [0, 0.1) is 6.92 Å². The van der Waals surface area contributed by atoms with Gasteiger partial charge >= 0.3 is 0 Å². The maximum atomic E-state index is 12.6. The van der Waals surface area contributed by atoms with Crippen molar-refractivity contribution in [3.05, 3.63) is 64.7 Å². The van der Waals surface area contributed by atoms with Crippen molar-refractivity contribution in [3.8, 4) is 0 Å². The number of nitrogens with zero attached hydrogens (tertiary/aromatic N) is 2. The van der Waals surface area contributed by atoms with E-state index in [0.29, 0.717) is 22.8 Å². The predicted molar refractivity (Wildman–Crippen MR) is 101 cm³/mol. The number of rotatable bonds is 6. The molecule has 134 valence electrons. The van der Waals surface area contributed by atoms with Gasteiger partial charge in [-0.05, 0) is 30.2 Å². The average molecular weight is 381 g/mol. The Labute approximate surface area is 153 Å². The third-order valence-corrected chi connectivity index (χ3v) is 5.41. The molecule has 0 aromatic heterocycles. The SMILES string of the molecule is Cc1c(Cl)cccc1N(CC(=O)N(C)Cc1ccccc1)S(C)(=O)=O. The Hall–Kier alpha value is -2.05. The summed E-state index contributed by atoms with van der Waals surface area (Å²) in [6, 6.07) is 14.5. The van der Waals surface area contributed by atoms with Crippen molar-refractivity contribution < 1.29 is 13.2 Å². The van der Waals surface area contributed by atoms with Crippen molar-refractivity contribution in [2.24, 2.45) is 0 Å². The summed E-state index contributed by atoms with van der Waals surface area (Å²) in [6.07, 6.45) is 1.08. The topological polar surface area (TPSA) is 57.7 Å². The average Bonchev–Trinajstić information content (AvgIpc) is 2.55. The van der Waals surface area contributed by atoms with Gasteiger partial charge in [0.2, 0.25) is 15.9 Å². The van der Waals surface area contributed by atoms with Crippen molar-refractivity contribution in [1.82, 2.24) is 4.90 Å². The molecule has 5 nitrogen and oxygen atoms in total. The molecular formula is C18H21ClN2O3S. The summed E-state index contributed by atoms with van der Waals surface area (Å²) in [5.41, 5.74) is 2.01. The normalized spacial score (nSPS) is 11.2. The van der Waals surface area contributed by atoms with Crippen LogP contribution < -0.4 is 4.31 Å². The monoisotopic (exact) mass is 380 g/mol. The zero-order valence-corrected chi connectivity index (χ0v) is 16.0. The van der Waals surface area contributed by atoms with Crippen LogP contribution in [0.25, 0.3) is 0 Å². The maximum Gasteiger partial charge on any atom is 0.243 e. The van der Waals surface area contributed by atoms with Crippen LogP contribution in [0.15, 0.2) is 48.5 Å². The highest BCUT2D eigenvalue weighted by Gasteiger charge is 2.24. The summed E-state index contributed by atoms with van der Waals surface area (Å²) >= 11 is 6.10. The van der Waals surface area contributed by atoms with Gasteiger partial charge in [-0.15, -0.1) is 0 Å². The lowest BCUT2D eigenvalue weighted by atomic mass is 10.2. The lowest BCUT2D eigenvalue weighted by Crippen LogP contribution is -2.41. The van der Waals surface area contributed by atoms with Gasteiger partial charge < -0.3 is 4.90 Å². The number of carbonyl (C=O) groups excluding carboxylic acids is 1. The van der Waals surface area contributed by atoms with Crippen LogP contribution in [0.4, 0.5) is 5.69 Å². The molecule has 0 unspecified atom stereocenters. The molecule has 0 aliphatic carbocycles. The molecule has 1 amide bonds. The second-order valence-electron chi connectivity index (χ2n) is 5.89. The van der Waals surface area contributed by atoms with Crippen LogP contribution in [-0.4, -0.2) is 39.1 Å². The molecule has 0 heterocycles. The van der Waals surface area contributed by atoms with Gasteiger partial charge in [-0.1, -0.05) is 48.0 Å². The van der Waals surface area contributed by atoms with Crippen molar-refractivity contribution in [2.45, 2.75) is 13.5 Å². The summed E-state index contributed by atoms with van der Waals surface area (Å²) in [6.45, 7) is 1.86. The van der Waals surface area contributed by atoms with Crippen molar-refractivity contribution >= 4 is 33.2 Å². The Morgan fingerprint density at radius 3 is 2.32 bits per heavy atom. The Morgan fingerprint density at radius 1 is 1.08 bits per heavy atom. The molecule has 0 radical (unpaired) electrons. The molecule has 0 N–H and O–H groups in total. The van der Waals surface area contributed by atoms with Crippen LogP contribution in [-0.2, 0) is 21.4 Å². The minimum absolute atomic E-state index is 0.274. The van der Waals surface area contributed by atoms with Crippen molar-refractivity contribution in [3.63, 3.8) is 0 Å². The molecule has 0 spiro atoms. The first-order valence-electron chi connectivity index (χ1n) is 7.71. The third-order valence-electron chi connectivity index (χ3n) is 3.88. The second kappa shape index (κ2) is 7.89. The van der Waals surface area contributed by atoms with E-state index < -0.39 is 10.0 Å². The summed E-state index contributed by atoms with van der Waals surface area (Å²) < 4.78 is 25.5. The summed E-state index contributed by atoms with van der Waals surface area (Å²) in [4.78, 5) is 14.1. The molecule has 0 saturated heterocycles. The molecule has 0 aliphatic heterocycles. The van der Waals surface area contributed by atoms with E-state index in [9.17, 15) is 13.2 Å². The summed E-state index contributed by atoms with van der Waals surface area (Å²) in [5, 5.41) is 0.455. The van der Waals surface area contributed by atoms with Gasteiger partial charge in [-0.25, -0.2) is 8.42 Å². The summed E-state index contributed by atoms with van der Waals surface area (Å²) in [5.74, 6) is -0.298. The van der Waals surface area contributed by atoms with Crippen LogP contribution in [0.5, 0.6) is 0 Å². The number of sulfonamides is 1. The number of carbonyl (C=O) groups is 1. The Balaban J connectivity index is 2.23. The smallest absolute Gasteiger partial charge is 0.243 e. The standard InChI is InChI=1S/C18H21ClN2O3S/c1-14-16(19)10-7-11-17(14)21(25(3,23)24)13-18(22)20(2)12-15-8-5-4-6-9-15/h4-11H,12-13H2,1-3H3. The van der Waals surface area contributed by atoms with Crippen LogP contribution in [0.2, 0.25) is 5.02 Å².